The van der Waals surface area contributed by atoms with E-state index in [9.17, 15) is 18.8 Å². The van der Waals surface area contributed by atoms with Gasteiger partial charge in [-0.05, 0) is 38.0 Å². The summed E-state index contributed by atoms with van der Waals surface area (Å²) in [5.74, 6) is -0.569. The highest BCUT2D eigenvalue weighted by Crippen LogP contribution is 2.22. The number of nitrogens with zero attached hydrogens (tertiary/aromatic N) is 3. The van der Waals surface area contributed by atoms with E-state index >= 15 is 0 Å². The molecule has 0 saturated carbocycles. The Balaban J connectivity index is 1.56. The first-order valence-electron chi connectivity index (χ1n) is 9.56. The molecule has 27 heavy (non-hydrogen) atoms. The van der Waals surface area contributed by atoms with Crippen LogP contribution in [-0.2, 0) is 9.59 Å². The highest BCUT2D eigenvalue weighted by molar-refractivity contribution is 5.94. The van der Waals surface area contributed by atoms with Gasteiger partial charge < -0.3 is 14.7 Å². The molecule has 3 rings (SSSR count). The van der Waals surface area contributed by atoms with Gasteiger partial charge in [-0.15, -0.1) is 0 Å². The molecule has 0 spiro atoms. The summed E-state index contributed by atoms with van der Waals surface area (Å²) in [5.41, 5.74) is 0.807. The van der Waals surface area contributed by atoms with Crippen molar-refractivity contribution >= 4 is 23.3 Å². The predicted octanol–water partition coefficient (Wildman–Crippen LogP) is 2.08. The fourth-order valence-electron chi connectivity index (χ4n) is 3.65. The summed E-state index contributed by atoms with van der Waals surface area (Å²) in [4.78, 5) is 41.3. The summed E-state index contributed by atoms with van der Waals surface area (Å²) in [5, 5.41) is 0. The second kappa shape index (κ2) is 8.50. The van der Waals surface area contributed by atoms with Crippen molar-refractivity contribution in [2.45, 2.75) is 32.6 Å². The molecule has 2 heterocycles. The molecule has 2 saturated heterocycles. The molecule has 1 aromatic rings. The lowest BCUT2D eigenvalue weighted by Gasteiger charge is -2.37. The molecule has 7 heteroatoms. The maximum Gasteiger partial charge on any atom is 0.242 e. The average molecular weight is 375 g/mol. The van der Waals surface area contributed by atoms with E-state index in [-0.39, 0.29) is 24.1 Å². The highest BCUT2D eigenvalue weighted by Gasteiger charge is 2.26. The number of piperazine rings is 1. The number of hydrogen-bond donors (Lipinski definition) is 0. The zero-order chi connectivity index (χ0) is 19.4. The van der Waals surface area contributed by atoms with E-state index in [1.165, 1.54) is 13.0 Å². The van der Waals surface area contributed by atoms with Crippen molar-refractivity contribution in [2.75, 3.05) is 44.2 Å². The Morgan fingerprint density at radius 1 is 1.04 bits per heavy atom. The fourth-order valence-corrected chi connectivity index (χ4v) is 3.65. The number of Topliss-reactive ketones (excluding diaryl/α,β-unsaturated/α-hetero) is 1. The lowest BCUT2D eigenvalue weighted by molar-refractivity contribution is -0.140. The standard InChI is InChI=1S/C20H26FN3O3/c1-15(25)16-6-7-18(17(21)13-16)22-9-11-23(12-10-22)20(27)14-24-8-4-2-3-5-19(24)26/h6-7,13H,2-5,8-12,14H2,1H3. The lowest BCUT2D eigenvalue weighted by atomic mass is 10.1. The smallest absolute Gasteiger partial charge is 0.242 e. The van der Waals surface area contributed by atoms with Gasteiger partial charge in [-0.25, -0.2) is 4.39 Å². The Bertz CT molecular complexity index is 729. The summed E-state index contributed by atoms with van der Waals surface area (Å²) < 4.78 is 14.3. The third-order valence-electron chi connectivity index (χ3n) is 5.32. The van der Waals surface area contributed by atoms with Gasteiger partial charge in [0, 0.05) is 44.7 Å². The Morgan fingerprint density at radius 3 is 2.44 bits per heavy atom. The fraction of sp³-hybridized carbons (Fsp3) is 0.550. The Labute approximate surface area is 158 Å². The van der Waals surface area contributed by atoms with Crippen LogP contribution in [0.15, 0.2) is 18.2 Å². The van der Waals surface area contributed by atoms with Gasteiger partial charge in [-0.2, -0.15) is 0 Å². The highest BCUT2D eigenvalue weighted by atomic mass is 19.1. The second-order valence-electron chi connectivity index (χ2n) is 7.22. The van der Waals surface area contributed by atoms with Crippen LogP contribution < -0.4 is 4.90 Å². The number of hydrogen-bond acceptors (Lipinski definition) is 4. The van der Waals surface area contributed by atoms with E-state index in [1.807, 2.05) is 4.90 Å². The number of halogens is 1. The van der Waals surface area contributed by atoms with Crippen molar-refractivity contribution in [3.8, 4) is 0 Å². The molecule has 0 atom stereocenters. The van der Waals surface area contributed by atoms with Gasteiger partial charge in [-0.1, -0.05) is 6.42 Å². The number of benzene rings is 1. The number of ketones is 1. The molecule has 0 N–H and O–H groups in total. The van der Waals surface area contributed by atoms with Gasteiger partial charge in [-0.3, -0.25) is 14.4 Å². The summed E-state index contributed by atoms with van der Waals surface area (Å²) in [7, 11) is 0. The van der Waals surface area contributed by atoms with E-state index in [1.54, 1.807) is 21.9 Å². The van der Waals surface area contributed by atoms with Crippen molar-refractivity contribution < 1.29 is 18.8 Å². The zero-order valence-corrected chi connectivity index (χ0v) is 15.7. The molecule has 2 aliphatic rings. The number of rotatable bonds is 4. The van der Waals surface area contributed by atoms with E-state index < -0.39 is 5.82 Å². The average Bonchev–Trinajstić information content (AvgIpc) is 2.86. The summed E-state index contributed by atoms with van der Waals surface area (Å²) >= 11 is 0. The van der Waals surface area contributed by atoms with E-state index in [4.69, 9.17) is 0 Å². The predicted molar refractivity (Wildman–Crippen MR) is 100 cm³/mol. The molecular formula is C20H26FN3O3. The van der Waals surface area contributed by atoms with Crippen LogP contribution in [0.1, 0.15) is 43.0 Å². The molecule has 0 bridgehead atoms. The van der Waals surface area contributed by atoms with Gasteiger partial charge in [0.05, 0.1) is 12.2 Å². The molecule has 146 valence electrons. The molecule has 2 fully saturated rings. The van der Waals surface area contributed by atoms with Crippen LogP contribution in [0, 0.1) is 5.82 Å². The Hall–Kier alpha value is -2.44. The molecule has 0 aliphatic carbocycles. The molecule has 0 unspecified atom stereocenters. The van der Waals surface area contributed by atoms with Gasteiger partial charge in [0.1, 0.15) is 5.82 Å². The molecule has 1 aromatic carbocycles. The maximum absolute atomic E-state index is 14.3. The minimum Gasteiger partial charge on any atom is -0.366 e. The van der Waals surface area contributed by atoms with Crippen LogP contribution in [-0.4, -0.2) is 66.7 Å². The molecular weight excluding hydrogens is 349 g/mol. The van der Waals surface area contributed by atoms with Crippen molar-refractivity contribution in [1.82, 2.24) is 9.80 Å². The Kier molecular flexibility index (Phi) is 6.08. The van der Waals surface area contributed by atoms with Crippen LogP contribution in [0.4, 0.5) is 10.1 Å². The zero-order valence-electron chi connectivity index (χ0n) is 15.7. The summed E-state index contributed by atoms with van der Waals surface area (Å²) in [6.07, 6.45) is 3.40. The first kappa shape index (κ1) is 19.3. The van der Waals surface area contributed by atoms with Crippen LogP contribution in [0.5, 0.6) is 0 Å². The third-order valence-corrected chi connectivity index (χ3v) is 5.32. The van der Waals surface area contributed by atoms with Gasteiger partial charge in [0.15, 0.2) is 5.78 Å². The lowest BCUT2D eigenvalue weighted by Crippen LogP contribution is -2.52. The number of carbonyl (C=O) groups is 3. The van der Waals surface area contributed by atoms with E-state index in [2.05, 4.69) is 0 Å². The van der Waals surface area contributed by atoms with Crippen LogP contribution in [0.2, 0.25) is 0 Å². The van der Waals surface area contributed by atoms with E-state index in [0.29, 0.717) is 50.4 Å². The third kappa shape index (κ3) is 4.64. The van der Waals surface area contributed by atoms with Gasteiger partial charge >= 0.3 is 0 Å². The molecule has 2 aliphatic heterocycles. The summed E-state index contributed by atoms with van der Waals surface area (Å²) in [6.45, 7) is 4.24. The number of carbonyl (C=O) groups excluding carboxylic acids is 3. The SMILES string of the molecule is CC(=O)c1ccc(N2CCN(C(=O)CN3CCCCCC3=O)CC2)c(F)c1. The van der Waals surface area contributed by atoms with Gasteiger partial charge in [0.25, 0.3) is 0 Å². The van der Waals surface area contributed by atoms with Gasteiger partial charge in [0.2, 0.25) is 11.8 Å². The first-order valence-corrected chi connectivity index (χ1v) is 9.56. The van der Waals surface area contributed by atoms with E-state index in [0.717, 1.165) is 19.3 Å². The van der Waals surface area contributed by atoms with Crippen LogP contribution >= 0.6 is 0 Å². The quantitative estimate of drug-likeness (QED) is 0.756. The first-order chi connectivity index (χ1) is 13.0. The topological polar surface area (TPSA) is 60.9 Å². The summed E-state index contributed by atoms with van der Waals surface area (Å²) in [6, 6.07) is 4.52. The minimum atomic E-state index is -0.419. The normalized spacial score (nSPS) is 18.4. The Morgan fingerprint density at radius 2 is 1.78 bits per heavy atom. The van der Waals surface area contributed by atoms with Crippen molar-refractivity contribution in [2.24, 2.45) is 0 Å². The maximum atomic E-state index is 14.3. The van der Waals surface area contributed by atoms with Crippen LogP contribution in [0.25, 0.3) is 0 Å². The molecule has 0 radical (unpaired) electrons. The number of likely N-dealkylation sites (tertiary alicyclic amines) is 1. The monoisotopic (exact) mass is 375 g/mol. The number of amides is 2. The van der Waals surface area contributed by atoms with Crippen molar-refractivity contribution in [3.05, 3.63) is 29.6 Å². The number of anilines is 1. The van der Waals surface area contributed by atoms with Crippen LogP contribution in [0.3, 0.4) is 0 Å². The van der Waals surface area contributed by atoms with Crippen molar-refractivity contribution in [3.63, 3.8) is 0 Å². The van der Waals surface area contributed by atoms with Crippen molar-refractivity contribution in [1.29, 1.82) is 0 Å². The molecule has 2 amide bonds. The molecule has 0 aromatic heterocycles. The second-order valence-corrected chi connectivity index (χ2v) is 7.22. The molecule has 6 nitrogen and oxygen atoms in total. The largest absolute Gasteiger partial charge is 0.366 e. The minimum absolute atomic E-state index is 0.0442.